The highest BCUT2D eigenvalue weighted by molar-refractivity contribution is 9.10. The number of carbonyl (C=O) groups excluding carboxylic acids is 1. The van der Waals surface area contributed by atoms with E-state index < -0.39 is 32.6 Å². The lowest BCUT2D eigenvalue weighted by atomic mass is 9.81. The van der Waals surface area contributed by atoms with Crippen molar-refractivity contribution >= 4 is 31.7 Å². The summed E-state index contributed by atoms with van der Waals surface area (Å²) in [6.45, 7) is 3.67. The maximum atomic E-state index is 13.3. The number of halogens is 1. The highest BCUT2D eigenvalue weighted by Gasteiger charge is 2.54. The molecule has 1 N–H and O–H groups in total. The number of hydrogen-bond acceptors (Lipinski definition) is 4. The van der Waals surface area contributed by atoms with Gasteiger partial charge in [0, 0.05) is 22.4 Å². The Labute approximate surface area is 160 Å². The Morgan fingerprint density at radius 1 is 1.19 bits per heavy atom. The average Bonchev–Trinajstić information content (AvgIpc) is 2.55. The van der Waals surface area contributed by atoms with Crippen molar-refractivity contribution in [3.63, 3.8) is 0 Å². The molecule has 136 valence electrons. The minimum Gasteiger partial charge on any atom is -0.468 e. The van der Waals surface area contributed by atoms with Gasteiger partial charge in [0.15, 0.2) is 20.8 Å². The number of benzene rings is 2. The molecule has 1 fully saturated rings. The lowest BCUT2D eigenvalue weighted by molar-refractivity contribution is -0.132. The Morgan fingerprint density at radius 2 is 1.88 bits per heavy atom. The first kappa shape index (κ1) is 17.5. The number of fused-ring (bicyclic) bond motifs is 4. The van der Waals surface area contributed by atoms with E-state index in [0.29, 0.717) is 12.2 Å². The van der Waals surface area contributed by atoms with E-state index in [1.54, 1.807) is 37.3 Å². The fourth-order valence-corrected chi connectivity index (χ4v) is 6.01. The summed E-state index contributed by atoms with van der Waals surface area (Å²) in [5.74, 6) is -0.382. The SMILES string of the molecule is Cc1ccc(S(=O)(=O)[C@H]2C(=O)N[C@@]3(C)C[C@H]2c2cc(Br)ccc2O3)cc1. The molecule has 0 aromatic heterocycles. The van der Waals surface area contributed by atoms with Crippen molar-refractivity contribution in [2.75, 3.05) is 0 Å². The normalized spacial score (nSPS) is 27.3. The van der Waals surface area contributed by atoms with Crippen molar-refractivity contribution in [2.24, 2.45) is 0 Å². The van der Waals surface area contributed by atoms with E-state index in [4.69, 9.17) is 4.74 Å². The summed E-state index contributed by atoms with van der Waals surface area (Å²) >= 11 is 3.43. The molecule has 4 rings (SSSR count). The Kier molecular flexibility index (Phi) is 3.93. The maximum absolute atomic E-state index is 13.3. The zero-order valence-corrected chi connectivity index (χ0v) is 16.7. The molecular weight excluding hydrogens is 418 g/mol. The topological polar surface area (TPSA) is 72.5 Å². The first-order chi connectivity index (χ1) is 12.2. The Morgan fingerprint density at radius 3 is 2.58 bits per heavy atom. The van der Waals surface area contributed by atoms with E-state index in [-0.39, 0.29) is 4.90 Å². The van der Waals surface area contributed by atoms with Gasteiger partial charge in [-0.15, -0.1) is 0 Å². The fraction of sp³-hybridized carbons (Fsp3) is 0.316. The standard InChI is InChI=1S/C19H18BrNO4S/c1-11-3-6-13(7-4-11)26(23,24)17-15-10-19(2,21-18(17)22)25-16-8-5-12(20)9-14(15)16/h3-9,15,17H,10H2,1-2H3,(H,21,22)/t15-,17+,19+/m0/s1. The highest BCUT2D eigenvalue weighted by atomic mass is 79.9. The van der Waals surface area contributed by atoms with Crippen LogP contribution >= 0.6 is 15.9 Å². The number of hydrogen-bond donors (Lipinski definition) is 1. The van der Waals surface area contributed by atoms with Gasteiger partial charge in [0.25, 0.3) is 0 Å². The molecule has 2 aliphatic heterocycles. The molecule has 3 atom stereocenters. The number of carbonyl (C=O) groups is 1. The average molecular weight is 436 g/mol. The summed E-state index contributed by atoms with van der Waals surface area (Å²) in [4.78, 5) is 13.0. The van der Waals surface area contributed by atoms with E-state index in [1.807, 2.05) is 19.1 Å². The van der Waals surface area contributed by atoms with Gasteiger partial charge in [-0.1, -0.05) is 33.6 Å². The largest absolute Gasteiger partial charge is 0.468 e. The molecule has 0 saturated carbocycles. The van der Waals surface area contributed by atoms with E-state index in [9.17, 15) is 13.2 Å². The quantitative estimate of drug-likeness (QED) is 0.784. The molecule has 2 bridgehead atoms. The predicted octanol–water partition coefficient (Wildman–Crippen LogP) is 3.31. The summed E-state index contributed by atoms with van der Waals surface area (Å²) in [6.07, 6.45) is 0.401. The van der Waals surface area contributed by atoms with Crippen LogP contribution in [-0.2, 0) is 14.6 Å². The molecular formula is C19H18BrNO4S. The summed E-state index contributed by atoms with van der Waals surface area (Å²) in [7, 11) is -3.84. The summed E-state index contributed by atoms with van der Waals surface area (Å²) in [5, 5.41) is 1.58. The molecule has 2 aliphatic rings. The molecule has 2 heterocycles. The monoisotopic (exact) mass is 435 g/mol. The number of sulfone groups is 1. The third kappa shape index (κ3) is 2.74. The zero-order chi connectivity index (χ0) is 18.7. The Hall–Kier alpha value is -1.86. The van der Waals surface area contributed by atoms with Gasteiger partial charge in [0.1, 0.15) is 5.75 Å². The van der Waals surface area contributed by atoms with E-state index in [2.05, 4.69) is 21.2 Å². The van der Waals surface area contributed by atoms with Crippen molar-refractivity contribution in [1.29, 1.82) is 0 Å². The van der Waals surface area contributed by atoms with Gasteiger partial charge in [-0.3, -0.25) is 4.79 Å². The second kappa shape index (κ2) is 5.82. The summed E-state index contributed by atoms with van der Waals surface area (Å²) < 4.78 is 33.4. The van der Waals surface area contributed by atoms with Gasteiger partial charge in [0.2, 0.25) is 5.91 Å². The van der Waals surface area contributed by atoms with Gasteiger partial charge >= 0.3 is 0 Å². The van der Waals surface area contributed by atoms with Crippen LogP contribution in [0.2, 0.25) is 0 Å². The molecule has 0 aliphatic carbocycles. The van der Waals surface area contributed by atoms with Crippen LogP contribution in [0.1, 0.15) is 30.4 Å². The van der Waals surface area contributed by atoms with Crippen LogP contribution in [0.25, 0.3) is 0 Å². The molecule has 0 radical (unpaired) electrons. The zero-order valence-electron chi connectivity index (χ0n) is 14.3. The van der Waals surface area contributed by atoms with Gasteiger partial charge in [-0.2, -0.15) is 0 Å². The van der Waals surface area contributed by atoms with Gasteiger partial charge in [-0.05, 0) is 44.2 Å². The van der Waals surface area contributed by atoms with Crippen LogP contribution < -0.4 is 10.1 Å². The minimum absolute atomic E-state index is 0.162. The first-order valence-corrected chi connectivity index (χ1v) is 10.6. The van der Waals surface area contributed by atoms with Crippen molar-refractivity contribution in [3.05, 3.63) is 58.1 Å². The molecule has 5 nitrogen and oxygen atoms in total. The molecule has 26 heavy (non-hydrogen) atoms. The number of aryl methyl sites for hydroxylation is 1. The lowest BCUT2D eigenvalue weighted by Crippen LogP contribution is -2.63. The molecule has 7 heteroatoms. The van der Waals surface area contributed by atoms with Crippen LogP contribution in [0, 0.1) is 6.92 Å². The van der Waals surface area contributed by atoms with Gasteiger partial charge < -0.3 is 10.1 Å². The molecule has 1 amide bonds. The molecule has 0 unspecified atom stereocenters. The van der Waals surface area contributed by atoms with E-state index in [0.717, 1.165) is 15.6 Å². The van der Waals surface area contributed by atoms with Gasteiger partial charge in [0.05, 0.1) is 4.90 Å². The second-order valence-electron chi connectivity index (χ2n) is 7.09. The Bertz CT molecular complexity index is 1000. The van der Waals surface area contributed by atoms with Crippen molar-refractivity contribution in [3.8, 4) is 5.75 Å². The molecule has 1 saturated heterocycles. The fourth-order valence-electron chi connectivity index (χ4n) is 3.81. The highest BCUT2D eigenvalue weighted by Crippen LogP contribution is 2.47. The van der Waals surface area contributed by atoms with Crippen LogP contribution in [0.5, 0.6) is 5.75 Å². The number of ether oxygens (including phenoxy) is 1. The van der Waals surface area contributed by atoms with Gasteiger partial charge in [-0.25, -0.2) is 8.42 Å². The minimum atomic E-state index is -3.84. The third-order valence-corrected chi connectivity index (χ3v) is 7.64. The van der Waals surface area contributed by atoms with Crippen molar-refractivity contribution < 1.29 is 17.9 Å². The number of amides is 1. The Balaban J connectivity index is 1.86. The third-order valence-electron chi connectivity index (χ3n) is 5.01. The summed E-state index contributed by atoms with van der Waals surface area (Å²) in [5.41, 5.74) is 0.805. The maximum Gasteiger partial charge on any atom is 0.242 e. The van der Waals surface area contributed by atoms with Crippen LogP contribution in [0.15, 0.2) is 51.8 Å². The second-order valence-corrected chi connectivity index (χ2v) is 10.1. The smallest absolute Gasteiger partial charge is 0.242 e. The van der Waals surface area contributed by atoms with E-state index >= 15 is 0 Å². The predicted molar refractivity (Wildman–Crippen MR) is 101 cm³/mol. The number of nitrogens with one attached hydrogen (secondary N) is 1. The van der Waals surface area contributed by atoms with Crippen LogP contribution in [-0.4, -0.2) is 25.3 Å². The number of rotatable bonds is 2. The van der Waals surface area contributed by atoms with Crippen LogP contribution in [0.3, 0.4) is 0 Å². The lowest BCUT2D eigenvalue weighted by Gasteiger charge is -2.46. The summed E-state index contributed by atoms with van der Waals surface area (Å²) in [6, 6.07) is 12.1. The van der Waals surface area contributed by atoms with E-state index in [1.165, 1.54) is 0 Å². The molecule has 0 spiro atoms. The molecule has 2 aromatic rings. The first-order valence-electron chi connectivity index (χ1n) is 8.31. The molecule has 2 aromatic carbocycles. The van der Waals surface area contributed by atoms with Crippen LogP contribution in [0.4, 0.5) is 0 Å². The van der Waals surface area contributed by atoms with Crippen molar-refractivity contribution in [1.82, 2.24) is 5.32 Å². The number of piperidine rings is 1. The van der Waals surface area contributed by atoms with Crippen molar-refractivity contribution in [2.45, 2.75) is 42.1 Å².